The van der Waals surface area contributed by atoms with Crippen LogP contribution in [0, 0.1) is 5.92 Å². The monoisotopic (exact) mass is 171 g/mol. The maximum absolute atomic E-state index is 5.33. The summed E-state index contributed by atoms with van der Waals surface area (Å²) in [5.74, 6) is 0.771. The van der Waals surface area contributed by atoms with Crippen LogP contribution in [0.3, 0.4) is 0 Å². The Hall–Kier alpha value is -0.0800. The van der Waals surface area contributed by atoms with E-state index in [0.717, 1.165) is 38.3 Å². The van der Waals surface area contributed by atoms with E-state index in [1.165, 1.54) is 6.42 Å². The molecule has 0 aromatic rings. The minimum Gasteiger partial charge on any atom is -0.379 e. The molecule has 1 atom stereocenters. The molecule has 0 N–H and O–H groups in total. The second-order valence-corrected chi connectivity index (χ2v) is 3.87. The van der Waals surface area contributed by atoms with Crippen molar-refractivity contribution in [1.29, 1.82) is 0 Å². The Morgan fingerprint density at radius 3 is 2.25 bits per heavy atom. The first-order valence-corrected chi connectivity index (χ1v) is 5.07. The molecule has 0 aromatic heterocycles. The van der Waals surface area contributed by atoms with Gasteiger partial charge in [-0.2, -0.15) is 0 Å². The molecule has 1 heterocycles. The molecule has 2 heteroatoms. The van der Waals surface area contributed by atoms with Gasteiger partial charge in [-0.15, -0.1) is 0 Å². The molecule has 1 fully saturated rings. The fraction of sp³-hybridized carbons (Fsp3) is 1.00. The van der Waals surface area contributed by atoms with Crippen molar-refractivity contribution >= 4 is 0 Å². The van der Waals surface area contributed by atoms with Crippen LogP contribution < -0.4 is 0 Å². The Morgan fingerprint density at radius 2 is 1.83 bits per heavy atom. The van der Waals surface area contributed by atoms with E-state index in [4.69, 9.17) is 4.74 Å². The molecule has 1 aliphatic rings. The van der Waals surface area contributed by atoms with Gasteiger partial charge in [0, 0.05) is 19.1 Å². The SMILES string of the molecule is CC[C@@H](C(C)C)N1CCOCC1. The van der Waals surface area contributed by atoms with Crippen LogP contribution in [0.5, 0.6) is 0 Å². The van der Waals surface area contributed by atoms with Crippen LogP contribution in [0.25, 0.3) is 0 Å². The van der Waals surface area contributed by atoms with Gasteiger partial charge in [-0.3, -0.25) is 4.90 Å². The van der Waals surface area contributed by atoms with Crippen molar-refractivity contribution in [3.63, 3.8) is 0 Å². The van der Waals surface area contributed by atoms with E-state index in [9.17, 15) is 0 Å². The molecule has 0 spiro atoms. The van der Waals surface area contributed by atoms with Crippen LogP contribution in [0.2, 0.25) is 0 Å². The average Bonchev–Trinajstić information content (AvgIpc) is 2.07. The lowest BCUT2D eigenvalue weighted by Gasteiger charge is -2.36. The Kier molecular flexibility index (Phi) is 4.02. The summed E-state index contributed by atoms with van der Waals surface area (Å²) >= 11 is 0. The summed E-state index contributed by atoms with van der Waals surface area (Å²) in [5.41, 5.74) is 0. The molecule has 0 saturated carbocycles. The van der Waals surface area contributed by atoms with Gasteiger partial charge in [-0.25, -0.2) is 0 Å². The molecule has 0 amide bonds. The Bertz CT molecular complexity index is 119. The average molecular weight is 171 g/mol. The van der Waals surface area contributed by atoms with Crippen molar-refractivity contribution in [2.24, 2.45) is 5.92 Å². The normalized spacial score (nSPS) is 23.0. The van der Waals surface area contributed by atoms with Crippen LogP contribution >= 0.6 is 0 Å². The van der Waals surface area contributed by atoms with Gasteiger partial charge in [0.15, 0.2) is 0 Å². The van der Waals surface area contributed by atoms with Crippen molar-refractivity contribution in [2.45, 2.75) is 33.2 Å². The van der Waals surface area contributed by atoms with Crippen molar-refractivity contribution in [1.82, 2.24) is 4.90 Å². The standard InChI is InChI=1S/C10H21NO/c1-4-10(9(2)3)11-5-7-12-8-6-11/h9-10H,4-8H2,1-3H3/t10-/m0/s1. The molecule has 0 aromatic carbocycles. The van der Waals surface area contributed by atoms with Gasteiger partial charge in [0.1, 0.15) is 0 Å². The molecular weight excluding hydrogens is 150 g/mol. The minimum absolute atomic E-state index is 0.758. The highest BCUT2D eigenvalue weighted by Crippen LogP contribution is 2.15. The molecule has 1 aliphatic heterocycles. The lowest BCUT2D eigenvalue weighted by molar-refractivity contribution is 0.00542. The fourth-order valence-corrected chi connectivity index (χ4v) is 2.06. The summed E-state index contributed by atoms with van der Waals surface area (Å²) in [6.07, 6.45) is 1.26. The van der Waals surface area contributed by atoms with E-state index >= 15 is 0 Å². The van der Waals surface area contributed by atoms with Crippen molar-refractivity contribution in [3.8, 4) is 0 Å². The molecule has 0 aliphatic carbocycles. The third-order valence-corrected chi connectivity index (χ3v) is 2.70. The highest BCUT2D eigenvalue weighted by atomic mass is 16.5. The van der Waals surface area contributed by atoms with E-state index in [0.29, 0.717) is 0 Å². The smallest absolute Gasteiger partial charge is 0.0594 e. The maximum atomic E-state index is 5.33. The van der Waals surface area contributed by atoms with Crippen molar-refractivity contribution in [3.05, 3.63) is 0 Å². The Morgan fingerprint density at radius 1 is 1.25 bits per heavy atom. The van der Waals surface area contributed by atoms with Crippen LogP contribution in [0.4, 0.5) is 0 Å². The number of ether oxygens (including phenoxy) is 1. The largest absolute Gasteiger partial charge is 0.379 e. The molecule has 0 bridgehead atoms. The first-order chi connectivity index (χ1) is 5.75. The maximum Gasteiger partial charge on any atom is 0.0594 e. The summed E-state index contributed by atoms with van der Waals surface area (Å²) in [6, 6.07) is 0.758. The molecule has 0 radical (unpaired) electrons. The molecule has 72 valence electrons. The van der Waals surface area contributed by atoms with Gasteiger partial charge in [-0.1, -0.05) is 20.8 Å². The highest BCUT2D eigenvalue weighted by Gasteiger charge is 2.21. The summed E-state index contributed by atoms with van der Waals surface area (Å²) in [4.78, 5) is 2.56. The summed E-state index contributed by atoms with van der Waals surface area (Å²) in [7, 11) is 0. The third kappa shape index (κ3) is 2.46. The second-order valence-electron chi connectivity index (χ2n) is 3.87. The molecule has 1 saturated heterocycles. The molecule has 2 nitrogen and oxygen atoms in total. The second kappa shape index (κ2) is 4.83. The van der Waals surface area contributed by atoms with Gasteiger partial charge in [0.05, 0.1) is 13.2 Å². The number of nitrogens with zero attached hydrogens (tertiary/aromatic N) is 1. The van der Waals surface area contributed by atoms with Gasteiger partial charge in [-0.05, 0) is 12.3 Å². The zero-order valence-electron chi connectivity index (χ0n) is 8.55. The Labute approximate surface area is 75.9 Å². The number of rotatable bonds is 3. The third-order valence-electron chi connectivity index (χ3n) is 2.70. The summed E-state index contributed by atoms with van der Waals surface area (Å²) in [5, 5.41) is 0. The van der Waals surface area contributed by atoms with Gasteiger partial charge in [0.2, 0.25) is 0 Å². The summed E-state index contributed by atoms with van der Waals surface area (Å²) in [6.45, 7) is 11.0. The van der Waals surface area contributed by atoms with E-state index in [2.05, 4.69) is 25.7 Å². The Balaban J connectivity index is 2.40. The van der Waals surface area contributed by atoms with Crippen LogP contribution in [-0.4, -0.2) is 37.2 Å². The predicted molar refractivity (Wildman–Crippen MR) is 51.3 cm³/mol. The lowest BCUT2D eigenvalue weighted by Crippen LogP contribution is -2.45. The van der Waals surface area contributed by atoms with Gasteiger partial charge in [0.25, 0.3) is 0 Å². The molecule has 1 rings (SSSR count). The molecule has 12 heavy (non-hydrogen) atoms. The number of morpholine rings is 1. The molecular formula is C10H21NO. The lowest BCUT2D eigenvalue weighted by atomic mass is 10.00. The van der Waals surface area contributed by atoms with Crippen molar-refractivity contribution in [2.75, 3.05) is 26.3 Å². The van der Waals surface area contributed by atoms with E-state index < -0.39 is 0 Å². The quantitative estimate of drug-likeness (QED) is 0.641. The van der Waals surface area contributed by atoms with E-state index in [1.54, 1.807) is 0 Å². The van der Waals surface area contributed by atoms with Crippen LogP contribution in [-0.2, 0) is 4.74 Å². The number of hydrogen-bond acceptors (Lipinski definition) is 2. The predicted octanol–water partition coefficient (Wildman–Crippen LogP) is 1.75. The number of hydrogen-bond donors (Lipinski definition) is 0. The van der Waals surface area contributed by atoms with Crippen molar-refractivity contribution < 1.29 is 4.74 Å². The minimum atomic E-state index is 0.758. The first kappa shape index (κ1) is 10.0. The first-order valence-electron chi connectivity index (χ1n) is 5.07. The topological polar surface area (TPSA) is 12.5 Å². The zero-order valence-corrected chi connectivity index (χ0v) is 8.55. The highest BCUT2D eigenvalue weighted by molar-refractivity contribution is 4.75. The van der Waals surface area contributed by atoms with Gasteiger partial charge < -0.3 is 4.74 Å². The fourth-order valence-electron chi connectivity index (χ4n) is 2.06. The van der Waals surface area contributed by atoms with Gasteiger partial charge >= 0.3 is 0 Å². The van der Waals surface area contributed by atoms with Crippen LogP contribution in [0.1, 0.15) is 27.2 Å². The van der Waals surface area contributed by atoms with E-state index in [1.807, 2.05) is 0 Å². The van der Waals surface area contributed by atoms with E-state index in [-0.39, 0.29) is 0 Å². The summed E-state index contributed by atoms with van der Waals surface area (Å²) < 4.78 is 5.33. The molecule has 0 unspecified atom stereocenters. The zero-order chi connectivity index (χ0) is 8.97. The van der Waals surface area contributed by atoms with Crippen LogP contribution in [0.15, 0.2) is 0 Å².